The molecule has 1 atom stereocenters. The highest BCUT2D eigenvalue weighted by atomic mass is 19.1. The molecule has 1 aliphatic heterocycles. The topological polar surface area (TPSA) is 39.1 Å². The van der Waals surface area contributed by atoms with Crippen LogP contribution in [0, 0.1) is 5.82 Å². The Kier molecular flexibility index (Phi) is 3.21. The Hall–Kier alpha value is -1.88. The Morgan fingerprint density at radius 1 is 1.47 bits per heavy atom. The first-order valence-electron chi connectivity index (χ1n) is 6.36. The monoisotopic (exact) mass is 261 g/mol. The number of halogens is 1. The van der Waals surface area contributed by atoms with Gasteiger partial charge in [-0.25, -0.2) is 9.37 Å². The van der Waals surface area contributed by atoms with Gasteiger partial charge in [0.25, 0.3) is 0 Å². The highest BCUT2D eigenvalue weighted by Gasteiger charge is 2.21. The number of methoxy groups -OCH3 is 1. The summed E-state index contributed by atoms with van der Waals surface area (Å²) < 4.78 is 21.0. The molecule has 0 bridgehead atoms. The summed E-state index contributed by atoms with van der Waals surface area (Å²) >= 11 is 0. The van der Waals surface area contributed by atoms with Crippen molar-refractivity contribution in [3.8, 4) is 11.4 Å². The lowest BCUT2D eigenvalue weighted by molar-refractivity contribution is 0.413. The van der Waals surface area contributed by atoms with Gasteiger partial charge in [0.15, 0.2) is 0 Å². The lowest BCUT2D eigenvalue weighted by Crippen LogP contribution is -2.11. The number of ether oxygens (including phenoxy) is 1. The minimum absolute atomic E-state index is 0.272. The van der Waals surface area contributed by atoms with Crippen molar-refractivity contribution in [3.63, 3.8) is 0 Å². The summed E-state index contributed by atoms with van der Waals surface area (Å²) in [6.07, 6.45) is 4.53. The molecule has 1 saturated heterocycles. The van der Waals surface area contributed by atoms with Crippen molar-refractivity contribution in [3.05, 3.63) is 42.2 Å². The molecule has 0 saturated carbocycles. The normalized spacial score (nSPS) is 18.7. The number of nitrogens with one attached hydrogen (secondary N) is 1. The number of imidazole rings is 1. The molecule has 2 heterocycles. The molecule has 2 aromatic rings. The third kappa shape index (κ3) is 2.21. The minimum atomic E-state index is -0.272. The molecule has 1 aliphatic rings. The van der Waals surface area contributed by atoms with Crippen LogP contribution in [0.3, 0.4) is 0 Å². The van der Waals surface area contributed by atoms with E-state index in [4.69, 9.17) is 4.74 Å². The first-order chi connectivity index (χ1) is 9.29. The van der Waals surface area contributed by atoms with Gasteiger partial charge < -0.3 is 10.1 Å². The molecule has 0 amide bonds. The molecule has 100 valence electrons. The molecule has 19 heavy (non-hydrogen) atoms. The molecule has 5 heteroatoms. The van der Waals surface area contributed by atoms with Gasteiger partial charge in [-0.15, -0.1) is 0 Å². The van der Waals surface area contributed by atoms with Gasteiger partial charge in [-0.1, -0.05) is 0 Å². The summed E-state index contributed by atoms with van der Waals surface area (Å²) in [7, 11) is 1.58. The van der Waals surface area contributed by atoms with Gasteiger partial charge in [0, 0.05) is 30.4 Å². The minimum Gasteiger partial charge on any atom is -0.497 e. The van der Waals surface area contributed by atoms with Crippen LogP contribution in [0.2, 0.25) is 0 Å². The van der Waals surface area contributed by atoms with Gasteiger partial charge in [0.05, 0.1) is 19.1 Å². The second kappa shape index (κ2) is 5.01. The van der Waals surface area contributed by atoms with E-state index in [9.17, 15) is 4.39 Å². The zero-order valence-corrected chi connectivity index (χ0v) is 10.8. The van der Waals surface area contributed by atoms with Crippen LogP contribution in [0.5, 0.6) is 5.75 Å². The third-order valence-electron chi connectivity index (χ3n) is 3.56. The van der Waals surface area contributed by atoms with Crippen LogP contribution in [-0.2, 0) is 0 Å². The van der Waals surface area contributed by atoms with E-state index in [0.29, 0.717) is 17.4 Å². The van der Waals surface area contributed by atoms with Crippen molar-refractivity contribution in [2.45, 2.75) is 12.3 Å². The summed E-state index contributed by atoms with van der Waals surface area (Å²) in [4.78, 5) is 4.17. The average Bonchev–Trinajstić information content (AvgIpc) is 3.09. The third-order valence-corrected chi connectivity index (χ3v) is 3.56. The van der Waals surface area contributed by atoms with Crippen LogP contribution >= 0.6 is 0 Å². The lowest BCUT2D eigenvalue weighted by Gasteiger charge is -2.14. The van der Waals surface area contributed by atoms with Crippen LogP contribution in [0.4, 0.5) is 4.39 Å². The van der Waals surface area contributed by atoms with E-state index >= 15 is 0 Å². The SMILES string of the molecule is COc1ccc(F)c(-n2cncc2C2CCNC2)c1. The number of hydrogen-bond donors (Lipinski definition) is 1. The average molecular weight is 261 g/mol. The van der Waals surface area contributed by atoms with Crippen molar-refractivity contribution in [1.82, 2.24) is 14.9 Å². The van der Waals surface area contributed by atoms with Gasteiger partial charge in [0.1, 0.15) is 11.6 Å². The maximum absolute atomic E-state index is 14.0. The van der Waals surface area contributed by atoms with Crippen molar-refractivity contribution in [2.24, 2.45) is 0 Å². The van der Waals surface area contributed by atoms with Crippen LogP contribution in [0.25, 0.3) is 5.69 Å². The highest BCUT2D eigenvalue weighted by Crippen LogP contribution is 2.27. The second-order valence-electron chi connectivity index (χ2n) is 4.70. The molecule has 0 spiro atoms. The molecule has 1 N–H and O–H groups in total. The van der Waals surface area contributed by atoms with Gasteiger partial charge in [-0.3, -0.25) is 4.57 Å². The second-order valence-corrected chi connectivity index (χ2v) is 4.70. The number of benzene rings is 1. The molecular weight excluding hydrogens is 245 g/mol. The van der Waals surface area contributed by atoms with Gasteiger partial charge in [-0.2, -0.15) is 0 Å². The maximum atomic E-state index is 14.0. The van der Waals surface area contributed by atoms with Gasteiger partial charge in [0.2, 0.25) is 0 Å². The van der Waals surface area contributed by atoms with Crippen LogP contribution in [0.1, 0.15) is 18.0 Å². The Morgan fingerprint density at radius 2 is 2.37 bits per heavy atom. The van der Waals surface area contributed by atoms with E-state index in [-0.39, 0.29) is 5.82 Å². The predicted octanol–water partition coefficient (Wildman–Crippen LogP) is 2.10. The molecule has 1 fully saturated rings. The summed E-state index contributed by atoms with van der Waals surface area (Å²) in [6.45, 7) is 1.91. The summed E-state index contributed by atoms with van der Waals surface area (Å²) in [5.41, 5.74) is 1.52. The summed E-state index contributed by atoms with van der Waals surface area (Å²) in [5.74, 6) is 0.750. The van der Waals surface area contributed by atoms with E-state index in [0.717, 1.165) is 25.2 Å². The first-order valence-corrected chi connectivity index (χ1v) is 6.36. The summed E-state index contributed by atoms with van der Waals surface area (Å²) in [6, 6.07) is 4.74. The fourth-order valence-electron chi connectivity index (χ4n) is 2.52. The van der Waals surface area contributed by atoms with Crippen molar-refractivity contribution >= 4 is 0 Å². The largest absolute Gasteiger partial charge is 0.497 e. The Labute approximate surface area is 111 Å². The molecule has 1 aromatic heterocycles. The molecule has 0 aliphatic carbocycles. The number of hydrogen-bond acceptors (Lipinski definition) is 3. The Balaban J connectivity index is 2.04. The van der Waals surface area contributed by atoms with E-state index < -0.39 is 0 Å². The Bertz CT molecular complexity index is 576. The molecule has 3 rings (SSSR count). The molecule has 1 aromatic carbocycles. The van der Waals surface area contributed by atoms with Crippen molar-refractivity contribution in [1.29, 1.82) is 0 Å². The molecule has 4 nitrogen and oxygen atoms in total. The van der Waals surface area contributed by atoms with Crippen LogP contribution in [0.15, 0.2) is 30.7 Å². The number of nitrogens with zero attached hydrogens (tertiary/aromatic N) is 2. The predicted molar refractivity (Wildman–Crippen MR) is 70.3 cm³/mol. The fraction of sp³-hybridized carbons (Fsp3) is 0.357. The van der Waals surface area contributed by atoms with Gasteiger partial charge >= 0.3 is 0 Å². The quantitative estimate of drug-likeness (QED) is 0.919. The molecule has 0 radical (unpaired) electrons. The van der Waals surface area contributed by atoms with Crippen LogP contribution < -0.4 is 10.1 Å². The van der Waals surface area contributed by atoms with E-state index in [1.54, 1.807) is 25.6 Å². The number of rotatable bonds is 3. The van der Waals surface area contributed by atoms with E-state index in [2.05, 4.69) is 10.3 Å². The van der Waals surface area contributed by atoms with Crippen molar-refractivity contribution in [2.75, 3.05) is 20.2 Å². The maximum Gasteiger partial charge on any atom is 0.147 e. The summed E-state index contributed by atoms with van der Waals surface area (Å²) in [5, 5.41) is 3.32. The first kappa shape index (κ1) is 12.2. The standard InChI is InChI=1S/C14H16FN3O/c1-19-11-2-3-12(15)13(6-11)18-9-17-8-14(18)10-4-5-16-7-10/h2-3,6,8-10,16H,4-5,7H2,1H3. The zero-order valence-electron chi connectivity index (χ0n) is 10.8. The molecular formula is C14H16FN3O. The fourth-order valence-corrected chi connectivity index (χ4v) is 2.52. The lowest BCUT2D eigenvalue weighted by atomic mass is 10.1. The van der Waals surface area contributed by atoms with E-state index in [1.165, 1.54) is 6.07 Å². The van der Waals surface area contributed by atoms with Crippen LogP contribution in [-0.4, -0.2) is 29.8 Å². The molecule has 1 unspecified atom stereocenters. The Morgan fingerprint density at radius 3 is 3.11 bits per heavy atom. The van der Waals surface area contributed by atoms with Gasteiger partial charge in [-0.05, 0) is 25.1 Å². The van der Waals surface area contributed by atoms with Crippen molar-refractivity contribution < 1.29 is 9.13 Å². The smallest absolute Gasteiger partial charge is 0.147 e. The number of aromatic nitrogens is 2. The zero-order chi connectivity index (χ0) is 13.2. The van der Waals surface area contributed by atoms with E-state index in [1.807, 2.05) is 10.8 Å². The highest BCUT2D eigenvalue weighted by molar-refractivity contribution is 5.42.